The number of likely N-dealkylation sites (N-methyl/N-ethyl adjacent to an activating group) is 1. The Morgan fingerprint density at radius 3 is 2.80 bits per heavy atom. The van der Waals surface area contributed by atoms with E-state index in [1.54, 1.807) is 19.2 Å². The number of nitrogens with zero attached hydrogens (tertiary/aromatic N) is 3. The molecule has 2 heterocycles. The number of halogens is 1. The summed E-state index contributed by atoms with van der Waals surface area (Å²) in [6.07, 6.45) is -0.998. The summed E-state index contributed by atoms with van der Waals surface area (Å²) < 4.78 is 19.8. The highest BCUT2D eigenvalue weighted by Gasteiger charge is 2.34. The Hall–Kier alpha value is -1.61. The normalized spacial score (nSPS) is 20.6. The van der Waals surface area contributed by atoms with Gasteiger partial charge in [0.05, 0.1) is 24.5 Å². The van der Waals surface area contributed by atoms with Crippen LogP contribution in [0.4, 0.5) is 25.4 Å². The second-order valence-corrected chi connectivity index (χ2v) is 7.62. The van der Waals surface area contributed by atoms with Crippen molar-refractivity contribution in [3.8, 4) is 0 Å². The van der Waals surface area contributed by atoms with Crippen molar-refractivity contribution < 1.29 is 18.7 Å². The molecule has 1 aromatic carbocycles. The first-order chi connectivity index (χ1) is 12.0. The summed E-state index contributed by atoms with van der Waals surface area (Å²) in [5.74, 6) is 1.63. The summed E-state index contributed by atoms with van der Waals surface area (Å²) in [4.78, 5) is 28.0. The van der Waals surface area contributed by atoms with Gasteiger partial charge in [0.15, 0.2) is 0 Å². The molecular weight excluding hydrogens is 365 g/mol. The Labute approximate surface area is 155 Å². The number of thioether (sulfide) groups is 1. The molecule has 0 spiro atoms. The molecule has 6 nitrogen and oxygen atoms in total. The van der Waals surface area contributed by atoms with Crippen LogP contribution < -0.4 is 9.80 Å². The molecule has 0 bridgehead atoms. The third kappa shape index (κ3) is 4.14. The average molecular weight is 385 g/mol. The van der Waals surface area contributed by atoms with Crippen molar-refractivity contribution in [2.45, 2.75) is 6.10 Å². The highest BCUT2D eigenvalue weighted by molar-refractivity contribution is 7.99. The fraction of sp³-hybridized carbons (Fsp3) is 0.500. The lowest BCUT2D eigenvalue weighted by Gasteiger charge is -2.29. The summed E-state index contributed by atoms with van der Waals surface area (Å²) in [6, 6.07) is 4.82. The van der Waals surface area contributed by atoms with Crippen LogP contribution in [0, 0.1) is 5.82 Å². The number of amides is 2. The van der Waals surface area contributed by atoms with E-state index in [-0.39, 0.29) is 18.9 Å². The van der Waals surface area contributed by atoms with Gasteiger partial charge in [0, 0.05) is 31.6 Å². The van der Waals surface area contributed by atoms with Crippen LogP contribution in [0.1, 0.15) is 0 Å². The van der Waals surface area contributed by atoms with Crippen LogP contribution in [0.3, 0.4) is 0 Å². The molecule has 1 aromatic rings. The Morgan fingerprint density at radius 2 is 2.16 bits per heavy atom. The molecule has 0 saturated carbocycles. The van der Waals surface area contributed by atoms with Crippen LogP contribution in [0.25, 0.3) is 0 Å². The summed E-state index contributed by atoms with van der Waals surface area (Å²) in [5, 5.41) is -0.399. The van der Waals surface area contributed by atoms with Crippen molar-refractivity contribution >= 4 is 47.1 Å². The number of benzene rings is 1. The molecule has 0 N–H and O–H groups in total. The topological polar surface area (TPSA) is 53.1 Å². The number of hydrogen-bond acceptors (Lipinski definition) is 5. The molecule has 1 atom stereocenters. The third-order valence-corrected chi connectivity index (χ3v) is 5.56. The van der Waals surface area contributed by atoms with Gasteiger partial charge in [-0.25, -0.2) is 9.18 Å². The number of cyclic esters (lactones) is 1. The van der Waals surface area contributed by atoms with Crippen LogP contribution in [0.15, 0.2) is 18.2 Å². The predicted octanol–water partition coefficient (Wildman–Crippen LogP) is 2.69. The second kappa shape index (κ2) is 7.74. The highest BCUT2D eigenvalue weighted by atomic mass is 32.2. The van der Waals surface area contributed by atoms with Gasteiger partial charge < -0.3 is 14.5 Å². The molecule has 2 aliphatic heterocycles. The lowest BCUT2D eigenvalue weighted by Crippen LogP contribution is -2.34. The van der Waals surface area contributed by atoms with Gasteiger partial charge in [-0.3, -0.25) is 9.69 Å². The number of ether oxygens (including phenoxy) is 1. The maximum Gasteiger partial charge on any atom is 0.414 e. The zero-order chi connectivity index (χ0) is 18.0. The Morgan fingerprint density at radius 1 is 1.44 bits per heavy atom. The van der Waals surface area contributed by atoms with Gasteiger partial charge >= 0.3 is 6.09 Å². The van der Waals surface area contributed by atoms with Gasteiger partial charge in [-0.2, -0.15) is 11.8 Å². The summed E-state index contributed by atoms with van der Waals surface area (Å²) in [6.45, 7) is 2.15. The van der Waals surface area contributed by atoms with Gasteiger partial charge in [0.1, 0.15) is 11.9 Å². The molecule has 25 heavy (non-hydrogen) atoms. The second-order valence-electron chi connectivity index (χ2n) is 6.01. The molecule has 2 aliphatic rings. The maximum atomic E-state index is 14.5. The maximum absolute atomic E-state index is 14.5. The smallest absolute Gasteiger partial charge is 0.414 e. The Balaban J connectivity index is 1.70. The zero-order valence-corrected chi connectivity index (χ0v) is 15.6. The van der Waals surface area contributed by atoms with Gasteiger partial charge in [0.2, 0.25) is 0 Å². The molecule has 2 saturated heterocycles. The first-order valence-electron chi connectivity index (χ1n) is 8.00. The quantitative estimate of drug-likeness (QED) is 0.808. The van der Waals surface area contributed by atoms with Crippen molar-refractivity contribution in [1.82, 2.24) is 4.90 Å². The average Bonchev–Trinajstić information content (AvgIpc) is 2.95. The molecule has 3 rings (SSSR count). The van der Waals surface area contributed by atoms with Gasteiger partial charge in [-0.05, 0) is 18.2 Å². The van der Waals surface area contributed by atoms with Crippen LogP contribution in [-0.4, -0.2) is 67.1 Å². The molecule has 9 heteroatoms. The zero-order valence-electron chi connectivity index (χ0n) is 13.9. The molecule has 2 amide bonds. The Kier molecular flexibility index (Phi) is 5.63. The van der Waals surface area contributed by atoms with Gasteiger partial charge in [0.25, 0.3) is 5.24 Å². The lowest BCUT2D eigenvalue weighted by molar-refractivity contribution is 0.124. The number of anilines is 2. The third-order valence-electron chi connectivity index (χ3n) is 4.27. The van der Waals surface area contributed by atoms with Crippen LogP contribution >= 0.6 is 24.4 Å². The van der Waals surface area contributed by atoms with Crippen molar-refractivity contribution in [2.24, 2.45) is 0 Å². The van der Waals surface area contributed by atoms with Gasteiger partial charge in [-0.15, -0.1) is 0 Å². The Bertz CT molecular complexity index is 670. The molecular formula is C16H20FN3O3S2. The van der Waals surface area contributed by atoms with Gasteiger partial charge in [-0.1, -0.05) is 12.6 Å². The van der Waals surface area contributed by atoms with E-state index in [2.05, 4.69) is 12.6 Å². The van der Waals surface area contributed by atoms with E-state index in [4.69, 9.17) is 4.74 Å². The molecule has 0 radical (unpaired) electrons. The van der Waals surface area contributed by atoms with E-state index in [1.807, 2.05) is 16.7 Å². The summed E-state index contributed by atoms with van der Waals surface area (Å²) >= 11 is 5.60. The van der Waals surface area contributed by atoms with Crippen molar-refractivity contribution in [2.75, 3.05) is 54.5 Å². The van der Waals surface area contributed by atoms with Crippen LogP contribution in [-0.2, 0) is 4.74 Å². The van der Waals surface area contributed by atoms with E-state index in [1.165, 1.54) is 15.9 Å². The first kappa shape index (κ1) is 18.2. The van der Waals surface area contributed by atoms with Crippen LogP contribution in [0.5, 0.6) is 0 Å². The molecule has 136 valence electrons. The molecule has 0 aliphatic carbocycles. The van der Waals surface area contributed by atoms with E-state index in [0.717, 1.165) is 24.6 Å². The predicted molar refractivity (Wildman–Crippen MR) is 101 cm³/mol. The fourth-order valence-corrected chi connectivity index (χ4v) is 3.92. The van der Waals surface area contributed by atoms with E-state index < -0.39 is 17.4 Å². The van der Waals surface area contributed by atoms with Crippen molar-refractivity contribution in [3.63, 3.8) is 0 Å². The van der Waals surface area contributed by atoms with E-state index in [0.29, 0.717) is 11.4 Å². The molecule has 2 fully saturated rings. The largest absolute Gasteiger partial charge is 0.442 e. The minimum absolute atomic E-state index is 0.247. The molecule has 1 unspecified atom stereocenters. The number of rotatable bonds is 4. The van der Waals surface area contributed by atoms with Crippen molar-refractivity contribution in [1.29, 1.82) is 0 Å². The minimum Gasteiger partial charge on any atom is -0.442 e. The number of carbonyl (C=O) groups is 2. The SMILES string of the molecule is CN(CC1CN(c2ccc(N3CCSCC3)c(F)c2)C(=O)O1)C(=O)S. The summed E-state index contributed by atoms with van der Waals surface area (Å²) in [7, 11) is 1.58. The first-order valence-corrected chi connectivity index (χ1v) is 9.60. The highest BCUT2D eigenvalue weighted by Crippen LogP contribution is 2.29. The van der Waals surface area contributed by atoms with Crippen LogP contribution in [0.2, 0.25) is 0 Å². The minimum atomic E-state index is -0.536. The molecule has 0 aromatic heterocycles. The standard InChI is InChI=1S/C16H20FN3O3S2/c1-18(16(22)24)9-12-10-20(15(21)23-12)11-2-3-14(13(17)8-11)19-4-6-25-7-5-19/h2-3,8,12H,4-7,9-10H2,1H3,(H,22,24). The monoisotopic (exact) mass is 385 g/mol. The number of thiol groups is 1. The lowest BCUT2D eigenvalue weighted by atomic mass is 10.2. The van der Waals surface area contributed by atoms with E-state index in [9.17, 15) is 14.0 Å². The van der Waals surface area contributed by atoms with E-state index >= 15 is 0 Å². The summed E-state index contributed by atoms with van der Waals surface area (Å²) in [5.41, 5.74) is 1.02. The number of hydrogen-bond donors (Lipinski definition) is 1. The van der Waals surface area contributed by atoms with Crippen molar-refractivity contribution in [3.05, 3.63) is 24.0 Å². The number of carbonyl (C=O) groups excluding carboxylic acids is 2. The fourth-order valence-electron chi connectivity index (χ4n) is 2.94.